The average molecular weight is 155 g/mol. The van der Waals surface area contributed by atoms with E-state index in [1.54, 1.807) is 0 Å². The first kappa shape index (κ1) is 9.05. The Bertz CT molecular complexity index is 109. The van der Waals surface area contributed by atoms with E-state index in [0.29, 0.717) is 0 Å². The molecule has 0 aromatic carbocycles. The van der Waals surface area contributed by atoms with Crippen LogP contribution in [0, 0.1) is 17.8 Å². The van der Waals surface area contributed by atoms with Crippen LogP contribution >= 0.6 is 0 Å². The van der Waals surface area contributed by atoms with Gasteiger partial charge in [0, 0.05) is 0 Å². The number of hydrogen-bond donors (Lipinski definition) is 1. The predicted molar refractivity (Wildman–Crippen MR) is 49.3 cm³/mol. The molecule has 1 fully saturated rings. The molecule has 2 N–H and O–H groups in total. The summed E-state index contributed by atoms with van der Waals surface area (Å²) < 4.78 is 0. The topological polar surface area (TPSA) is 26.0 Å². The van der Waals surface area contributed by atoms with E-state index in [-0.39, 0.29) is 0 Å². The van der Waals surface area contributed by atoms with E-state index in [1.165, 1.54) is 25.7 Å². The summed E-state index contributed by atoms with van der Waals surface area (Å²) in [5.41, 5.74) is 5.57. The minimum atomic E-state index is 0.869. The van der Waals surface area contributed by atoms with Crippen molar-refractivity contribution in [2.24, 2.45) is 23.5 Å². The molecule has 1 aliphatic rings. The first-order valence-corrected chi connectivity index (χ1v) is 4.95. The monoisotopic (exact) mass is 155 g/mol. The van der Waals surface area contributed by atoms with Gasteiger partial charge in [0.1, 0.15) is 0 Å². The van der Waals surface area contributed by atoms with E-state index in [0.717, 1.165) is 24.3 Å². The van der Waals surface area contributed by atoms with Crippen LogP contribution in [-0.2, 0) is 0 Å². The molecule has 0 amide bonds. The fourth-order valence-electron chi connectivity index (χ4n) is 2.52. The van der Waals surface area contributed by atoms with Gasteiger partial charge in [0.15, 0.2) is 0 Å². The van der Waals surface area contributed by atoms with E-state index in [1.807, 2.05) is 0 Å². The Morgan fingerprint density at radius 1 is 1.36 bits per heavy atom. The average Bonchev–Trinajstić information content (AvgIpc) is 2.36. The van der Waals surface area contributed by atoms with Crippen LogP contribution in [0.1, 0.15) is 39.5 Å². The Balaban J connectivity index is 2.37. The quantitative estimate of drug-likeness (QED) is 0.665. The van der Waals surface area contributed by atoms with Crippen LogP contribution in [0.15, 0.2) is 0 Å². The standard InChI is InChI=1S/C10H21N/c1-8(2)10-5-3-4-9(10)6-7-11/h8-10H,3-7,11H2,1-2H3. The highest BCUT2D eigenvalue weighted by molar-refractivity contribution is 4.79. The molecule has 2 unspecified atom stereocenters. The zero-order valence-electron chi connectivity index (χ0n) is 7.84. The van der Waals surface area contributed by atoms with Crippen molar-refractivity contribution in [3.8, 4) is 0 Å². The van der Waals surface area contributed by atoms with E-state index in [4.69, 9.17) is 5.73 Å². The van der Waals surface area contributed by atoms with Gasteiger partial charge >= 0.3 is 0 Å². The molecular formula is C10H21N. The van der Waals surface area contributed by atoms with E-state index < -0.39 is 0 Å². The third kappa shape index (κ3) is 2.19. The lowest BCUT2D eigenvalue weighted by Gasteiger charge is -2.22. The lowest BCUT2D eigenvalue weighted by atomic mass is 9.84. The molecule has 66 valence electrons. The van der Waals surface area contributed by atoms with Crippen molar-refractivity contribution in [3.63, 3.8) is 0 Å². The SMILES string of the molecule is CC(C)C1CCCC1CCN. The molecule has 0 bridgehead atoms. The molecule has 0 saturated heterocycles. The largest absolute Gasteiger partial charge is 0.330 e. The van der Waals surface area contributed by atoms with Crippen molar-refractivity contribution in [1.82, 2.24) is 0 Å². The minimum Gasteiger partial charge on any atom is -0.330 e. The van der Waals surface area contributed by atoms with Gasteiger partial charge in [0.05, 0.1) is 0 Å². The normalized spacial score (nSPS) is 31.6. The zero-order chi connectivity index (χ0) is 8.27. The van der Waals surface area contributed by atoms with Crippen molar-refractivity contribution < 1.29 is 0 Å². The third-order valence-electron chi connectivity index (χ3n) is 3.11. The minimum absolute atomic E-state index is 0.869. The molecule has 0 aromatic rings. The molecule has 0 heterocycles. The molecule has 11 heavy (non-hydrogen) atoms. The van der Waals surface area contributed by atoms with E-state index in [2.05, 4.69) is 13.8 Å². The second-order valence-electron chi connectivity index (χ2n) is 4.18. The van der Waals surface area contributed by atoms with Gasteiger partial charge in [-0.1, -0.05) is 26.7 Å². The second-order valence-corrected chi connectivity index (χ2v) is 4.18. The van der Waals surface area contributed by atoms with Crippen LogP contribution < -0.4 is 5.73 Å². The first-order chi connectivity index (χ1) is 5.25. The Labute approximate surface area is 70.4 Å². The van der Waals surface area contributed by atoms with Crippen LogP contribution in [0.5, 0.6) is 0 Å². The van der Waals surface area contributed by atoms with Gasteiger partial charge in [-0.05, 0) is 37.1 Å². The highest BCUT2D eigenvalue weighted by Crippen LogP contribution is 2.38. The highest BCUT2D eigenvalue weighted by atomic mass is 14.5. The van der Waals surface area contributed by atoms with Gasteiger partial charge in [-0.3, -0.25) is 0 Å². The number of nitrogens with two attached hydrogens (primary N) is 1. The van der Waals surface area contributed by atoms with Crippen LogP contribution in [0.3, 0.4) is 0 Å². The van der Waals surface area contributed by atoms with Crippen LogP contribution in [-0.4, -0.2) is 6.54 Å². The summed E-state index contributed by atoms with van der Waals surface area (Å²) in [4.78, 5) is 0. The fraction of sp³-hybridized carbons (Fsp3) is 1.00. The fourth-order valence-corrected chi connectivity index (χ4v) is 2.52. The summed E-state index contributed by atoms with van der Waals surface area (Å²) in [6.45, 7) is 5.58. The molecule has 0 aromatic heterocycles. The lowest BCUT2D eigenvalue weighted by Crippen LogP contribution is -2.17. The van der Waals surface area contributed by atoms with Crippen molar-refractivity contribution in [2.45, 2.75) is 39.5 Å². The summed E-state index contributed by atoms with van der Waals surface area (Å²) in [5, 5.41) is 0. The Morgan fingerprint density at radius 3 is 2.64 bits per heavy atom. The summed E-state index contributed by atoms with van der Waals surface area (Å²) in [5.74, 6) is 2.78. The van der Waals surface area contributed by atoms with Gasteiger partial charge in [0.2, 0.25) is 0 Å². The van der Waals surface area contributed by atoms with Gasteiger partial charge < -0.3 is 5.73 Å². The lowest BCUT2D eigenvalue weighted by molar-refractivity contribution is 0.284. The maximum absolute atomic E-state index is 5.57. The molecule has 0 aliphatic heterocycles. The van der Waals surface area contributed by atoms with Crippen molar-refractivity contribution in [2.75, 3.05) is 6.54 Å². The maximum atomic E-state index is 5.57. The molecule has 1 nitrogen and oxygen atoms in total. The third-order valence-corrected chi connectivity index (χ3v) is 3.11. The van der Waals surface area contributed by atoms with Crippen LogP contribution in [0.4, 0.5) is 0 Å². The van der Waals surface area contributed by atoms with Crippen molar-refractivity contribution in [3.05, 3.63) is 0 Å². The molecule has 1 saturated carbocycles. The first-order valence-electron chi connectivity index (χ1n) is 4.95. The summed E-state index contributed by atoms with van der Waals surface area (Å²) >= 11 is 0. The second kappa shape index (κ2) is 4.10. The molecular weight excluding hydrogens is 134 g/mol. The number of hydrogen-bond acceptors (Lipinski definition) is 1. The Kier molecular flexibility index (Phi) is 3.38. The smallest absolute Gasteiger partial charge is 0.00745 e. The van der Waals surface area contributed by atoms with Crippen LogP contribution in [0.25, 0.3) is 0 Å². The van der Waals surface area contributed by atoms with Gasteiger partial charge in [-0.15, -0.1) is 0 Å². The molecule has 0 radical (unpaired) electrons. The summed E-state index contributed by atoms with van der Waals surface area (Å²) in [7, 11) is 0. The molecule has 2 atom stereocenters. The van der Waals surface area contributed by atoms with Gasteiger partial charge in [-0.2, -0.15) is 0 Å². The Hall–Kier alpha value is -0.0400. The molecule has 1 aliphatic carbocycles. The van der Waals surface area contributed by atoms with Crippen LogP contribution in [0.2, 0.25) is 0 Å². The van der Waals surface area contributed by atoms with Gasteiger partial charge in [-0.25, -0.2) is 0 Å². The predicted octanol–water partition coefficient (Wildman–Crippen LogP) is 2.41. The molecule has 1 heteroatoms. The molecule has 1 rings (SSSR count). The van der Waals surface area contributed by atoms with Crippen molar-refractivity contribution in [1.29, 1.82) is 0 Å². The Morgan fingerprint density at radius 2 is 2.09 bits per heavy atom. The summed E-state index contributed by atoms with van der Waals surface area (Å²) in [6, 6.07) is 0. The summed E-state index contributed by atoms with van der Waals surface area (Å²) in [6.07, 6.45) is 5.57. The zero-order valence-corrected chi connectivity index (χ0v) is 7.84. The number of rotatable bonds is 3. The molecule has 0 spiro atoms. The van der Waals surface area contributed by atoms with E-state index >= 15 is 0 Å². The van der Waals surface area contributed by atoms with Crippen molar-refractivity contribution >= 4 is 0 Å². The highest BCUT2D eigenvalue weighted by Gasteiger charge is 2.28. The van der Waals surface area contributed by atoms with E-state index in [9.17, 15) is 0 Å². The van der Waals surface area contributed by atoms with Gasteiger partial charge in [0.25, 0.3) is 0 Å². The maximum Gasteiger partial charge on any atom is -0.00745 e.